The molecule has 1 aliphatic carbocycles. The first-order valence-electron chi connectivity index (χ1n) is 4.91. The normalized spacial score (nSPS) is 16.9. The lowest BCUT2D eigenvalue weighted by Crippen LogP contribution is -2.52. The van der Waals surface area contributed by atoms with E-state index in [0.29, 0.717) is 12.8 Å². The summed E-state index contributed by atoms with van der Waals surface area (Å²) in [5, 5.41) is 20.5. The Hall–Kier alpha value is -2.16. The van der Waals surface area contributed by atoms with Crippen LogP contribution in [0, 0.1) is 11.3 Å². The molecule has 1 heterocycles. The molecular weight excluding hydrogens is 208 g/mol. The van der Waals surface area contributed by atoms with E-state index >= 15 is 0 Å². The average molecular weight is 218 g/mol. The first-order valence-corrected chi connectivity index (χ1v) is 4.91. The topological polar surface area (TPSA) is 98.9 Å². The smallest absolute Gasteiger partial charge is 0.329 e. The summed E-state index contributed by atoms with van der Waals surface area (Å²) in [6.07, 6.45) is 3.42. The maximum Gasteiger partial charge on any atom is 0.329 e. The number of aliphatic carboxylic acids is 1. The number of hydrogen-bond donors (Lipinski definition) is 2. The van der Waals surface area contributed by atoms with E-state index in [-0.39, 0.29) is 11.6 Å². The highest BCUT2D eigenvalue weighted by Crippen LogP contribution is 2.34. The number of aromatic nitrogens is 2. The second-order valence-electron chi connectivity index (χ2n) is 3.74. The number of hydrogen-bond acceptors (Lipinski definition) is 5. The summed E-state index contributed by atoms with van der Waals surface area (Å²) in [4.78, 5) is 18.9. The van der Waals surface area contributed by atoms with Crippen molar-refractivity contribution in [3.8, 4) is 6.07 Å². The van der Waals surface area contributed by atoms with E-state index in [0.717, 1.165) is 6.42 Å². The minimum absolute atomic E-state index is 0.196. The summed E-state index contributed by atoms with van der Waals surface area (Å²) in [6, 6.07) is 3.35. The largest absolute Gasteiger partial charge is 0.480 e. The van der Waals surface area contributed by atoms with Gasteiger partial charge in [0.05, 0.1) is 0 Å². The molecule has 2 N–H and O–H groups in total. The first kappa shape index (κ1) is 10.4. The molecule has 16 heavy (non-hydrogen) atoms. The molecule has 1 fully saturated rings. The summed E-state index contributed by atoms with van der Waals surface area (Å²) in [5.74, 6) is -0.703. The molecule has 6 nitrogen and oxygen atoms in total. The minimum Gasteiger partial charge on any atom is -0.480 e. The molecule has 0 bridgehead atoms. The summed E-state index contributed by atoms with van der Waals surface area (Å²) in [7, 11) is 0. The predicted octanol–water partition coefficient (Wildman–Crippen LogP) is 0.767. The van der Waals surface area contributed by atoms with Gasteiger partial charge < -0.3 is 10.4 Å². The van der Waals surface area contributed by atoms with Gasteiger partial charge in [-0.15, -0.1) is 0 Å². The lowest BCUT2D eigenvalue weighted by Gasteiger charge is -2.38. The molecule has 1 saturated carbocycles. The van der Waals surface area contributed by atoms with Crippen LogP contribution in [0.4, 0.5) is 5.95 Å². The number of anilines is 1. The number of nitriles is 1. The second-order valence-corrected chi connectivity index (χ2v) is 3.74. The van der Waals surface area contributed by atoms with Crippen molar-refractivity contribution in [2.45, 2.75) is 24.8 Å². The van der Waals surface area contributed by atoms with Crippen molar-refractivity contribution in [3.63, 3.8) is 0 Å². The van der Waals surface area contributed by atoms with E-state index in [9.17, 15) is 4.79 Å². The number of carbonyl (C=O) groups is 1. The predicted molar refractivity (Wildman–Crippen MR) is 54.6 cm³/mol. The van der Waals surface area contributed by atoms with Crippen molar-refractivity contribution in [1.29, 1.82) is 5.26 Å². The Labute approximate surface area is 92.0 Å². The van der Waals surface area contributed by atoms with Gasteiger partial charge in [0.25, 0.3) is 0 Å². The van der Waals surface area contributed by atoms with Crippen LogP contribution in [-0.2, 0) is 4.79 Å². The molecule has 2 rings (SSSR count). The van der Waals surface area contributed by atoms with Crippen molar-refractivity contribution in [2.75, 3.05) is 5.32 Å². The number of carboxylic acid groups (broad SMARTS) is 1. The summed E-state index contributed by atoms with van der Waals surface area (Å²) >= 11 is 0. The lowest BCUT2D eigenvalue weighted by atomic mass is 9.77. The molecule has 0 spiro atoms. The van der Waals surface area contributed by atoms with E-state index in [1.807, 2.05) is 6.07 Å². The average Bonchev–Trinajstić information content (AvgIpc) is 2.23. The summed E-state index contributed by atoms with van der Waals surface area (Å²) in [6.45, 7) is 0. The van der Waals surface area contributed by atoms with Gasteiger partial charge in [-0.25, -0.2) is 14.8 Å². The maximum atomic E-state index is 11.1. The number of nitrogens with zero attached hydrogens (tertiary/aromatic N) is 3. The number of carboxylic acids is 1. The van der Waals surface area contributed by atoms with Crippen molar-refractivity contribution < 1.29 is 9.90 Å². The molecule has 0 aromatic carbocycles. The highest BCUT2D eigenvalue weighted by Gasteiger charge is 2.45. The zero-order valence-corrected chi connectivity index (χ0v) is 8.47. The van der Waals surface area contributed by atoms with Crippen molar-refractivity contribution in [3.05, 3.63) is 18.0 Å². The quantitative estimate of drug-likeness (QED) is 0.777. The Balaban J connectivity index is 2.20. The van der Waals surface area contributed by atoms with E-state index in [4.69, 9.17) is 10.4 Å². The fourth-order valence-electron chi connectivity index (χ4n) is 1.62. The van der Waals surface area contributed by atoms with E-state index in [1.54, 1.807) is 0 Å². The summed E-state index contributed by atoms with van der Waals surface area (Å²) in [5.41, 5.74) is -0.731. The zero-order valence-electron chi connectivity index (χ0n) is 8.47. The molecule has 0 radical (unpaired) electrons. The van der Waals surface area contributed by atoms with Crippen LogP contribution in [0.3, 0.4) is 0 Å². The number of nitrogens with one attached hydrogen (secondary N) is 1. The molecule has 82 valence electrons. The van der Waals surface area contributed by atoms with Crippen LogP contribution < -0.4 is 5.32 Å². The van der Waals surface area contributed by atoms with Gasteiger partial charge in [0.2, 0.25) is 5.95 Å². The van der Waals surface area contributed by atoms with Gasteiger partial charge in [-0.1, -0.05) is 0 Å². The standard InChI is InChI=1S/C10H10N4O2/c11-6-7-2-5-12-9(13-7)14-10(8(15)16)3-1-4-10/h2,5H,1,3-4H2,(H,15,16)(H,12,13,14). The monoisotopic (exact) mass is 218 g/mol. The molecule has 6 heteroatoms. The highest BCUT2D eigenvalue weighted by atomic mass is 16.4. The van der Waals surface area contributed by atoms with Gasteiger partial charge in [0, 0.05) is 6.20 Å². The van der Waals surface area contributed by atoms with Crippen molar-refractivity contribution >= 4 is 11.9 Å². The first-order chi connectivity index (χ1) is 7.66. The fourth-order valence-corrected chi connectivity index (χ4v) is 1.62. The summed E-state index contributed by atoms with van der Waals surface area (Å²) < 4.78 is 0. The molecule has 0 saturated heterocycles. The van der Waals surface area contributed by atoms with Gasteiger partial charge in [-0.2, -0.15) is 5.26 Å². The molecule has 0 unspecified atom stereocenters. The van der Waals surface area contributed by atoms with Crippen LogP contribution in [0.1, 0.15) is 25.0 Å². The van der Waals surface area contributed by atoms with E-state index in [1.165, 1.54) is 12.3 Å². The molecule has 0 aliphatic heterocycles. The Kier molecular flexibility index (Phi) is 2.44. The fraction of sp³-hybridized carbons (Fsp3) is 0.400. The Morgan fingerprint density at radius 3 is 2.88 bits per heavy atom. The molecule has 0 atom stereocenters. The van der Waals surface area contributed by atoms with E-state index in [2.05, 4.69) is 15.3 Å². The third-order valence-corrected chi connectivity index (χ3v) is 2.74. The van der Waals surface area contributed by atoms with Gasteiger partial charge in [-0.3, -0.25) is 0 Å². The Bertz CT molecular complexity index is 462. The Morgan fingerprint density at radius 2 is 2.38 bits per heavy atom. The molecule has 1 aliphatic rings. The number of rotatable bonds is 3. The van der Waals surface area contributed by atoms with E-state index < -0.39 is 11.5 Å². The van der Waals surface area contributed by atoms with Gasteiger partial charge in [-0.05, 0) is 25.3 Å². The maximum absolute atomic E-state index is 11.1. The molecular formula is C10H10N4O2. The van der Waals surface area contributed by atoms with Crippen LogP contribution in [0.15, 0.2) is 12.3 Å². The second kappa shape index (κ2) is 3.77. The van der Waals surface area contributed by atoms with Crippen LogP contribution in [0.2, 0.25) is 0 Å². The minimum atomic E-state index is -0.950. The van der Waals surface area contributed by atoms with Crippen LogP contribution in [-0.4, -0.2) is 26.6 Å². The lowest BCUT2D eigenvalue weighted by molar-refractivity contribution is -0.145. The zero-order chi connectivity index (χ0) is 11.6. The van der Waals surface area contributed by atoms with Gasteiger partial charge in [0.15, 0.2) is 0 Å². The van der Waals surface area contributed by atoms with Crippen LogP contribution in [0.5, 0.6) is 0 Å². The van der Waals surface area contributed by atoms with Gasteiger partial charge >= 0.3 is 5.97 Å². The van der Waals surface area contributed by atoms with Crippen molar-refractivity contribution in [2.24, 2.45) is 0 Å². The van der Waals surface area contributed by atoms with Crippen molar-refractivity contribution in [1.82, 2.24) is 9.97 Å². The third kappa shape index (κ3) is 1.67. The molecule has 1 aromatic rings. The SMILES string of the molecule is N#Cc1ccnc(NC2(C(=O)O)CCC2)n1. The highest BCUT2D eigenvalue weighted by molar-refractivity contribution is 5.83. The Morgan fingerprint density at radius 1 is 1.62 bits per heavy atom. The molecule has 0 amide bonds. The van der Waals surface area contributed by atoms with Crippen LogP contribution >= 0.6 is 0 Å². The van der Waals surface area contributed by atoms with Crippen LogP contribution in [0.25, 0.3) is 0 Å². The molecule has 1 aromatic heterocycles. The third-order valence-electron chi connectivity index (χ3n) is 2.74. The van der Waals surface area contributed by atoms with Gasteiger partial charge in [0.1, 0.15) is 17.3 Å².